The van der Waals surface area contributed by atoms with Crippen molar-refractivity contribution in [1.82, 2.24) is 0 Å². The number of nitrogens with zero attached hydrogens (tertiary/aromatic N) is 1. The van der Waals surface area contributed by atoms with E-state index in [2.05, 4.69) is 11.0 Å². The summed E-state index contributed by atoms with van der Waals surface area (Å²) in [6.07, 6.45) is 0.664. The quantitative estimate of drug-likeness (QED) is 0.713. The van der Waals surface area contributed by atoms with Gasteiger partial charge in [-0.05, 0) is 36.2 Å². The smallest absolute Gasteiger partial charge is 0.308 e. The van der Waals surface area contributed by atoms with Crippen LogP contribution in [-0.2, 0) is 16.0 Å². The monoisotopic (exact) mass is 355 g/mol. The first-order chi connectivity index (χ1) is 12.7. The van der Waals surface area contributed by atoms with Crippen molar-refractivity contribution >= 4 is 11.7 Å². The molecule has 26 heavy (non-hydrogen) atoms. The van der Waals surface area contributed by atoms with Gasteiger partial charge in [0.05, 0.1) is 31.8 Å². The molecule has 0 N–H and O–H groups in total. The van der Waals surface area contributed by atoms with Crippen LogP contribution in [-0.4, -0.2) is 39.4 Å². The van der Waals surface area contributed by atoms with Crippen LogP contribution in [0.2, 0.25) is 0 Å². The Kier molecular flexibility index (Phi) is 6.00. The van der Waals surface area contributed by atoms with Crippen molar-refractivity contribution in [3.8, 4) is 11.5 Å². The maximum absolute atomic E-state index is 11.5. The Morgan fingerprint density at radius 3 is 2.73 bits per heavy atom. The number of carbonyl (C=O) groups is 1. The minimum absolute atomic E-state index is 0.145. The lowest BCUT2D eigenvalue weighted by atomic mass is 10.0. The Balaban J connectivity index is 1.49. The van der Waals surface area contributed by atoms with Crippen molar-refractivity contribution < 1.29 is 19.0 Å². The van der Waals surface area contributed by atoms with Gasteiger partial charge in [-0.1, -0.05) is 31.2 Å². The summed E-state index contributed by atoms with van der Waals surface area (Å²) in [7, 11) is 1.42. The van der Waals surface area contributed by atoms with Gasteiger partial charge < -0.3 is 19.1 Å². The van der Waals surface area contributed by atoms with Crippen LogP contribution in [0, 0.1) is 5.92 Å². The van der Waals surface area contributed by atoms with Crippen LogP contribution < -0.4 is 14.4 Å². The second-order valence-corrected chi connectivity index (χ2v) is 6.42. The maximum Gasteiger partial charge on any atom is 0.308 e. The van der Waals surface area contributed by atoms with Gasteiger partial charge in [-0.15, -0.1) is 0 Å². The highest BCUT2D eigenvalue weighted by molar-refractivity contribution is 5.72. The Labute approximate surface area is 154 Å². The molecule has 0 saturated heterocycles. The molecule has 138 valence electrons. The molecule has 3 rings (SSSR count). The average molecular weight is 355 g/mol. The molecule has 1 atom stereocenters. The zero-order valence-corrected chi connectivity index (χ0v) is 15.3. The summed E-state index contributed by atoms with van der Waals surface area (Å²) in [6, 6.07) is 16.0. The molecule has 1 aliphatic heterocycles. The van der Waals surface area contributed by atoms with E-state index in [1.165, 1.54) is 7.11 Å². The van der Waals surface area contributed by atoms with Crippen LogP contribution in [0.3, 0.4) is 0 Å². The topological polar surface area (TPSA) is 48.0 Å². The molecular weight excluding hydrogens is 330 g/mol. The minimum atomic E-state index is -0.184. The second kappa shape index (κ2) is 8.61. The van der Waals surface area contributed by atoms with Gasteiger partial charge >= 0.3 is 5.97 Å². The van der Waals surface area contributed by atoms with Crippen LogP contribution in [0.15, 0.2) is 48.5 Å². The summed E-state index contributed by atoms with van der Waals surface area (Å²) in [5, 5.41) is 0. The standard InChI is InChI=1S/C21H25NO4/c1-16(21(23)24-2)15-17-7-9-18(10-8-17)25-13-11-22-12-14-26-20-6-4-3-5-19(20)22/h3-10,16H,11-15H2,1-2H3. The predicted molar refractivity (Wildman–Crippen MR) is 101 cm³/mol. The van der Waals surface area contributed by atoms with Crippen molar-refractivity contribution in [1.29, 1.82) is 0 Å². The van der Waals surface area contributed by atoms with Crippen LogP contribution in [0.25, 0.3) is 0 Å². The number of ether oxygens (including phenoxy) is 3. The number of hydrogen-bond donors (Lipinski definition) is 0. The van der Waals surface area contributed by atoms with Gasteiger partial charge in [0.15, 0.2) is 0 Å². The van der Waals surface area contributed by atoms with Gasteiger partial charge in [0, 0.05) is 0 Å². The van der Waals surface area contributed by atoms with Gasteiger partial charge in [0.2, 0.25) is 0 Å². The maximum atomic E-state index is 11.5. The molecule has 0 aliphatic carbocycles. The van der Waals surface area contributed by atoms with Gasteiger partial charge in [0.25, 0.3) is 0 Å². The Bertz CT molecular complexity index is 729. The van der Waals surface area contributed by atoms with Crippen LogP contribution >= 0.6 is 0 Å². The van der Waals surface area contributed by atoms with E-state index in [0.29, 0.717) is 19.6 Å². The van der Waals surface area contributed by atoms with Crippen molar-refractivity contribution in [3.05, 3.63) is 54.1 Å². The lowest BCUT2D eigenvalue weighted by molar-refractivity contribution is -0.144. The summed E-state index contributed by atoms with van der Waals surface area (Å²) in [5.41, 5.74) is 2.21. The van der Waals surface area contributed by atoms with Crippen LogP contribution in [0.1, 0.15) is 12.5 Å². The van der Waals surface area contributed by atoms with Gasteiger partial charge in [-0.25, -0.2) is 0 Å². The lowest BCUT2D eigenvalue weighted by Crippen LogP contribution is -2.35. The first-order valence-electron chi connectivity index (χ1n) is 8.93. The number of methoxy groups -OCH3 is 1. The molecule has 0 fully saturated rings. The predicted octanol–water partition coefficient (Wildman–Crippen LogP) is 3.32. The average Bonchev–Trinajstić information content (AvgIpc) is 2.68. The fourth-order valence-corrected chi connectivity index (χ4v) is 3.09. The lowest BCUT2D eigenvalue weighted by Gasteiger charge is -2.31. The number of rotatable bonds is 7. The third kappa shape index (κ3) is 4.48. The van der Waals surface area contributed by atoms with E-state index in [0.717, 1.165) is 35.8 Å². The van der Waals surface area contributed by atoms with Crippen molar-refractivity contribution in [2.45, 2.75) is 13.3 Å². The molecule has 0 radical (unpaired) electrons. The van der Waals surface area contributed by atoms with E-state index in [1.807, 2.05) is 49.4 Å². The highest BCUT2D eigenvalue weighted by Gasteiger charge is 2.17. The number of anilines is 1. The Hall–Kier alpha value is -2.69. The number of para-hydroxylation sites is 2. The van der Waals surface area contributed by atoms with E-state index in [-0.39, 0.29) is 11.9 Å². The van der Waals surface area contributed by atoms with Gasteiger partial charge in [-0.2, -0.15) is 0 Å². The van der Waals surface area contributed by atoms with E-state index >= 15 is 0 Å². The highest BCUT2D eigenvalue weighted by atomic mass is 16.5. The molecule has 2 aromatic rings. The minimum Gasteiger partial charge on any atom is -0.492 e. The van der Waals surface area contributed by atoms with Crippen LogP contribution in [0.4, 0.5) is 5.69 Å². The van der Waals surface area contributed by atoms with E-state index in [1.54, 1.807) is 0 Å². The second-order valence-electron chi connectivity index (χ2n) is 6.42. The summed E-state index contributed by atoms with van der Waals surface area (Å²) in [5.74, 6) is 1.44. The summed E-state index contributed by atoms with van der Waals surface area (Å²) < 4.78 is 16.3. The molecule has 0 amide bonds. The SMILES string of the molecule is COC(=O)C(C)Cc1ccc(OCCN2CCOc3ccccc32)cc1. The van der Waals surface area contributed by atoms with Gasteiger partial charge in [0.1, 0.15) is 24.7 Å². The largest absolute Gasteiger partial charge is 0.492 e. The van der Waals surface area contributed by atoms with Gasteiger partial charge in [-0.3, -0.25) is 4.79 Å². The van der Waals surface area contributed by atoms with Crippen molar-refractivity contribution in [3.63, 3.8) is 0 Å². The normalized spacial score (nSPS) is 14.2. The van der Waals surface area contributed by atoms with E-state index < -0.39 is 0 Å². The molecule has 0 bridgehead atoms. The molecule has 5 heteroatoms. The van der Waals surface area contributed by atoms with Crippen molar-refractivity contribution in [2.24, 2.45) is 5.92 Å². The number of benzene rings is 2. The van der Waals surface area contributed by atoms with Crippen LogP contribution in [0.5, 0.6) is 11.5 Å². The third-order valence-electron chi connectivity index (χ3n) is 4.52. The summed E-state index contributed by atoms with van der Waals surface area (Å²) in [6.45, 7) is 4.85. The number of carbonyl (C=O) groups excluding carboxylic acids is 1. The van der Waals surface area contributed by atoms with E-state index in [4.69, 9.17) is 14.2 Å². The zero-order chi connectivity index (χ0) is 18.4. The fraction of sp³-hybridized carbons (Fsp3) is 0.381. The number of hydrogen-bond acceptors (Lipinski definition) is 5. The number of esters is 1. The first kappa shape index (κ1) is 18.1. The van der Waals surface area contributed by atoms with Crippen molar-refractivity contribution in [2.75, 3.05) is 38.3 Å². The summed E-state index contributed by atoms with van der Waals surface area (Å²) >= 11 is 0. The first-order valence-corrected chi connectivity index (χ1v) is 8.93. The highest BCUT2D eigenvalue weighted by Crippen LogP contribution is 2.30. The van der Waals surface area contributed by atoms with E-state index in [9.17, 15) is 4.79 Å². The zero-order valence-electron chi connectivity index (χ0n) is 15.3. The fourth-order valence-electron chi connectivity index (χ4n) is 3.09. The molecule has 0 aromatic heterocycles. The summed E-state index contributed by atoms with van der Waals surface area (Å²) in [4.78, 5) is 13.8. The molecule has 1 heterocycles. The molecule has 1 aliphatic rings. The molecule has 1 unspecified atom stereocenters. The molecule has 0 spiro atoms. The molecule has 2 aromatic carbocycles. The third-order valence-corrected chi connectivity index (χ3v) is 4.52. The number of fused-ring (bicyclic) bond motifs is 1. The molecule has 5 nitrogen and oxygen atoms in total. The Morgan fingerprint density at radius 2 is 1.96 bits per heavy atom. The Morgan fingerprint density at radius 1 is 1.19 bits per heavy atom. The molecular formula is C21H25NO4. The molecule has 0 saturated carbocycles.